The summed E-state index contributed by atoms with van der Waals surface area (Å²) in [5, 5.41) is 10.1. The van der Waals surface area contributed by atoms with Crippen molar-refractivity contribution in [2.45, 2.75) is 23.5 Å². The Morgan fingerprint density at radius 3 is 2.52 bits per heavy atom. The predicted molar refractivity (Wildman–Crippen MR) is 98.5 cm³/mol. The molecule has 148 valence electrons. The smallest absolute Gasteiger partial charge is 0.299 e. The van der Waals surface area contributed by atoms with Gasteiger partial charge in [0.25, 0.3) is 0 Å². The van der Waals surface area contributed by atoms with E-state index in [0.717, 1.165) is 29.7 Å². The van der Waals surface area contributed by atoms with E-state index in [1.54, 1.807) is 6.26 Å². The topological polar surface area (TPSA) is 92.3 Å². The van der Waals surface area contributed by atoms with Gasteiger partial charge in [-0.2, -0.15) is 13.2 Å². The number of sulfonamides is 1. The van der Waals surface area contributed by atoms with Gasteiger partial charge in [-0.15, -0.1) is 10.2 Å². The second-order valence-corrected chi connectivity index (χ2v) is 9.24. The summed E-state index contributed by atoms with van der Waals surface area (Å²) in [6, 6.07) is 2.46. The normalized spacial score (nSPS) is 13.3. The Hall–Kier alpha value is -1.86. The van der Waals surface area contributed by atoms with E-state index in [4.69, 9.17) is 0 Å². The van der Waals surface area contributed by atoms with E-state index in [-0.39, 0.29) is 10.8 Å². The molecular formula is C14H15F3N4O3S3. The van der Waals surface area contributed by atoms with Crippen LogP contribution in [0.1, 0.15) is 12.5 Å². The number of nitrogens with one attached hydrogen (secondary N) is 1. The molecule has 1 amide bonds. The molecule has 27 heavy (non-hydrogen) atoms. The molecule has 0 aliphatic carbocycles. The Kier molecular flexibility index (Phi) is 6.37. The molecule has 0 radical (unpaired) electrons. The maximum atomic E-state index is 12.9. The molecule has 2 rings (SSSR count). The lowest BCUT2D eigenvalue weighted by Crippen LogP contribution is -2.45. The van der Waals surface area contributed by atoms with Crippen LogP contribution in [0.25, 0.3) is 0 Å². The number of carbonyl (C=O) groups excluding carboxylic acids is 1. The highest BCUT2D eigenvalue weighted by atomic mass is 32.2. The number of hydrogen-bond acceptors (Lipinski definition) is 7. The van der Waals surface area contributed by atoms with E-state index in [0.29, 0.717) is 14.7 Å². The molecule has 7 nitrogen and oxygen atoms in total. The lowest BCUT2D eigenvalue weighted by atomic mass is 10.2. The number of carbonyl (C=O) groups is 1. The number of amides is 1. The van der Waals surface area contributed by atoms with Gasteiger partial charge in [0.05, 0.1) is 17.5 Å². The van der Waals surface area contributed by atoms with E-state index in [1.165, 1.54) is 24.8 Å². The van der Waals surface area contributed by atoms with Gasteiger partial charge in [-0.3, -0.25) is 14.4 Å². The van der Waals surface area contributed by atoms with E-state index in [1.807, 2.05) is 0 Å². The van der Waals surface area contributed by atoms with Crippen LogP contribution in [0.3, 0.4) is 0 Å². The summed E-state index contributed by atoms with van der Waals surface area (Å²) in [7, 11) is -4.05. The Morgan fingerprint density at radius 1 is 1.33 bits per heavy atom. The van der Waals surface area contributed by atoms with Gasteiger partial charge < -0.3 is 0 Å². The minimum atomic E-state index is -4.65. The van der Waals surface area contributed by atoms with Crippen molar-refractivity contribution in [2.75, 3.05) is 22.1 Å². The fourth-order valence-corrected chi connectivity index (χ4v) is 4.52. The minimum absolute atomic E-state index is 0.161. The molecule has 0 fully saturated rings. The molecule has 0 aliphatic heterocycles. The van der Waals surface area contributed by atoms with Crippen molar-refractivity contribution in [3.05, 3.63) is 29.8 Å². The Bertz CT molecular complexity index is 931. The fraction of sp³-hybridized carbons (Fsp3) is 0.357. The molecule has 2 aromatic rings. The van der Waals surface area contributed by atoms with E-state index in [9.17, 15) is 26.4 Å². The number of thioether (sulfide) groups is 1. The molecule has 1 atom stereocenters. The summed E-state index contributed by atoms with van der Waals surface area (Å²) >= 11 is 2.41. The average molecular weight is 440 g/mol. The van der Waals surface area contributed by atoms with Crippen molar-refractivity contribution in [3.63, 3.8) is 0 Å². The Morgan fingerprint density at radius 2 is 2.00 bits per heavy atom. The van der Waals surface area contributed by atoms with Gasteiger partial charge >= 0.3 is 6.18 Å². The van der Waals surface area contributed by atoms with Gasteiger partial charge in [0.15, 0.2) is 4.34 Å². The molecule has 1 N–H and O–H groups in total. The zero-order chi connectivity index (χ0) is 20.4. The van der Waals surface area contributed by atoms with Crippen molar-refractivity contribution < 1.29 is 26.4 Å². The maximum Gasteiger partial charge on any atom is 0.416 e. The third kappa shape index (κ3) is 5.32. The first-order valence-corrected chi connectivity index (χ1v) is 11.2. The summed E-state index contributed by atoms with van der Waals surface area (Å²) in [4.78, 5) is 12.4. The second-order valence-electron chi connectivity index (χ2n) is 5.35. The van der Waals surface area contributed by atoms with Gasteiger partial charge in [-0.1, -0.05) is 29.2 Å². The number of halogens is 3. The first-order chi connectivity index (χ1) is 12.4. The number of hydrogen-bond donors (Lipinski definition) is 1. The molecule has 0 spiro atoms. The second kappa shape index (κ2) is 8.02. The van der Waals surface area contributed by atoms with Crippen molar-refractivity contribution in [2.24, 2.45) is 0 Å². The van der Waals surface area contributed by atoms with Crippen LogP contribution in [0, 0.1) is 0 Å². The van der Waals surface area contributed by atoms with Gasteiger partial charge in [0, 0.05) is 0 Å². The van der Waals surface area contributed by atoms with Crippen LogP contribution in [-0.4, -0.2) is 43.1 Å². The first-order valence-electron chi connectivity index (χ1n) is 7.28. The quantitative estimate of drug-likeness (QED) is 0.548. The largest absolute Gasteiger partial charge is 0.416 e. The zero-order valence-electron chi connectivity index (χ0n) is 14.3. The Balaban J connectivity index is 2.35. The number of nitrogens with zero attached hydrogens (tertiary/aromatic N) is 3. The predicted octanol–water partition coefficient (Wildman–Crippen LogP) is 3.07. The highest BCUT2D eigenvalue weighted by molar-refractivity contribution is 8.00. The summed E-state index contributed by atoms with van der Waals surface area (Å²) in [5.41, 5.74) is -1.29. The molecule has 1 aromatic heterocycles. The number of benzene rings is 1. The highest BCUT2D eigenvalue weighted by Crippen LogP contribution is 2.33. The molecular weight excluding hydrogens is 425 g/mol. The number of anilines is 2. The third-order valence-electron chi connectivity index (χ3n) is 3.33. The summed E-state index contributed by atoms with van der Waals surface area (Å²) in [6.45, 7) is 1.27. The first kappa shape index (κ1) is 21.4. The lowest BCUT2D eigenvalue weighted by Gasteiger charge is -2.28. The van der Waals surface area contributed by atoms with Gasteiger partial charge in [0.1, 0.15) is 6.04 Å². The maximum absolute atomic E-state index is 12.9. The molecule has 0 saturated carbocycles. The van der Waals surface area contributed by atoms with E-state index >= 15 is 0 Å². The van der Waals surface area contributed by atoms with E-state index in [2.05, 4.69) is 15.5 Å². The van der Waals surface area contributed by atoms with Crippen LogP contribution >= 0.6 is 23.1 Å². The van der Waals surface area contributed by atoms with Crippen LogP contribution in [0.15, 0.2) is 28.6 Å². The number of alkyl halides is 3. The van der Waals surface area contributed by atoms with Crippen molar-refractivity contribution in [1.82, 2.24) is 10.2 Å². The molecule has 13 heteroatoms. The van der Waals surface area contributed by atoms with Crippen LogP contribution in [0.4, 0.5) is 24.0 Å². The van der Waals surface area contributed by atoms with Crippen LogP contribution in [-0.2, 0) is 21.0 Å². The molecule has 1 heterocycles. The van der Waals surface area contributed by atoms with Crippen molar-refractivity contribution in [3.8, 4) is 0 Å². The number of aromatic nitrogens is 2. The van der Waals surface area contributed by atoms with Crippen molar-refractivity contribution in [1.29, 1.82) is 0 Å². The minimum Gasteiger partial charge on any atom is -0.299 e. The van der Waals surface area contributed by atoms with E-state index < -0.39 is 33.7 Å². The highest BCUT2D eigenvalue weighted by Gasteiger charge is 2.34. The Labute approximate surface area is 162 Å². The monoisotopic (exact) mass is 440 g/mol. The molecule has 0 saturated heterocycles. The summed E-state index contributed by atoms with van der Waals surface area (Å²) in [5.74, 6) is -0.748. The average Bonchev–Trinajstić information content (AvgIpc) is 3.00. The van der Waals surface area contributed by atoms with Gasteiger partial charge in [-0.25, -0.2) is 8.42 Å². The zero-order valence-corrected chi connectivity index (χ0v) is 16.8. The molecule has 1 aromatic carbocycles. The van der Waals surface area contributed by atoms with Gasteiger partial charge in [0.2, 0.25) is 21.1 Å². The lowest BCUT2D eigenvalue weighted by molar-refractivity contribution is -0.137. The van der Waals surface area contributed by atoms with Crippen LogP contribution < -0.4 is 9.62 Å². The fourth-order valence-electron chi connectivity index (χ4n) is 2.18. The van der Waals surface area contributed by atoms with Crippen LogP contribution in [0.5, 0.6) is 0 Å². The van der Waals surface area contributed by atoms with Gasteiger partial charge in [-0.05, 0) is 31.4 Å². The van der Waals surface area contributed by atoms with Crippen LogP contribution in [0.2, 0.25) is 0 Å². The third-order valence-corrected chi connectivity index (χ3v) is 6.38. The molecule has 0 unspecified atom stereocenters. The summed E-state index contributed by atoms with van der Waals surface area (Å²) in [6.07, 6.45) is -2.06. The SMILES string of the molecule is CSc1nnc(NC(=O)[C@H](C)N(c2cccc(C(F)(F)F)c2)S(C)(=O)=O)s1. The summed E-state index contributed by atoms with van der Waals surface area (Å²) < 4.78 is 64.4. The number of rotatable bonds is 6. The standard InChI is InChI=1S/C14H15F3N4O3S3/c1-8(11(22)18-12-19-20-13(25-2)26-12)21(27(3,23)24)10-6-4-5-9(7-10)14(15,16)17/h4-8H,1-3H3,(H,18,19,22)/t8-/m0/s1. The van der Waals surface area contributed by atoms with Crippen molar-refractivity contribution >= 4 is 49.8 Å². The molecule has 0 aliphatic rings. The molecule has 0 bridgehead atoms.